The van der Waals surface area contributed by atoms with Crippen LogP contribution >= 0.6 is 0 Å². The van der Waals surface area contributed by atoms with Crippen molar-refractivity contribution in [3.05, 3.63) is 35.9 Å². The van der Waals surface area contributed by atoms with Crippen LogP contribution in [0.4, 0.5) is 0 Å². The summed E-state index contributed by atoms with van der Waals surface area (Å²) in [6.45, 7) is 4.16. The SMILES string of the molecule is CCCCCCCCCCCCCCC(C)O.O=C(O)Cc1ccccc1. The van der Waals surface area contributed by atoms with Gasteiger partial charge in [0.2, 0.25) is 0 Å². The van der Waals surface area contributed by atoms with Gasteiger partial charge >= 0.3 is 5.97 Å². The molecule has 1 unspecified atom stereocenters. The van der Waals surface area contributed by atoms with Crippen molar-refractivity contribution in [2.24, 2.45) is 0 Å². The molecule has 0 fully saturated rings. The molecule has 0 saturated heterocycles. The van der Waals surface area contributed by atoms with Crippen LogP contribution in [0.2, 0.25) is 0 Å². The first-order valence-corrected chi connectivity index (χ1v) is 11.0. The van der Waals surface area contributed by atoms with E-state index < -0.39 is 5.97 Å². The first-order chi connectivity index (χ1) is 13.1. The van der Waals surface area contributed by atoms with Crippen LogP contribution in [0.15, 0.2) is 30.3 Å². The summed E-state index contributed by atoms with van der Waals surface area (Å²) in [7, 11) is 0. The van der Waals surface area contributed by atoms with Crippen LogP contribution in [0.3, 0.4) is 0 Å². The molecular formula is C24H42O3. The van der Waals surface area contributed by atoms with Gasteiger partial charge < -0.3 is 10.2 Å². The maximum absolute atomic E-state index is 10.2. The van der Waals surface area contributed by atoms with E-state index >= 15 is 0 Å². The van der Waals surface area contributed by atoms with E-state index in [0.29, 0.717) is 0 Å². The van der Waals surface area contributed by atoms with Gasteiger partial charge in [0.05, 0.1) is 12.5 Å². The van der Waals surface area contributed by atoms with Gasteiger partial charge in [0.15, 0.2) is 0 Å². The Morgan fingerprint density at radius 3 is 1.67 bits per heavy atom. The van der Waals surface area contributed by atoms with Crippen molar-refractivity contribution in [3.63, 3.8) is 0 Å². The van der Waals surface area contributed by atoms with E-state index in [9.17, 15) is 4.79 Å². The molecule has 0 aliphatic heterocycles. The summed E-state index contributed by atoms with van der Waals surface area (Å²) < 4.78 is 0. The molecule has 0 saturated carbocycles. The minimum absolute atomic E-state index is 0.0990. The molecule has 0 bridgehead atoms. The molecule has 1 atom stereocenters. The summed E-state index contributed by atoms with van der Waals surface area (Å²) in [5.41, 5.74) is 0.843. The third kappa shape index (κ3) is 20.8. The van der Waals surface area contributed by atoms with Crippen LogP contribution in [-0.4, -0.2) is 22.3 Å². The molecule has 2 N–H and O–H groups in total. The summed E-state index contributed by atoms with van der Waals surface area (Å²) in [4.78, 5) is 10.2. The lowest BCUT2D eigenvalue weighted by Crippen LogP contribution is -1.98. The number of aliphatic carboxylic acids is 1. The third-order valence-corrected chi connectivity index (χ3v) is 4.67. The van der Waals surface area contributed by atoms with Gasteiger partial charge in [-0.15, -0.1) is 0 Å². The number of carbonyl (C=O) groups is 1. The van der Waals surface area contributed by atoms with Gasteiger partial charge in [0.25, 0.3) is 0 Å². The van der Waals surface area contributed by atoms with Crippen molar-refractivity contribution in [2.45, 2.75) is 110 Å². The van der Waals surface area contributed by atoms with E-state index in [2.05, 4.69) is 6.92 Å². The van der Waals surface area contributed by atoms with Crippen LogP contribution in [-0.2, 0) is 11.2 Å². The zero-order valence-corrected chi connectivity index (χ0v) is 17.7. The quantitative estimate of drug-likeness (QED) is 0.331. The number of aliphatic hydroxyl groups excluding tert-OH is 1. The highest BCUT2D eigenvalue weighted by Gasteiger charge is 1.97. The monoisotopic (exact) mass is 378 g/mol. The summed E-state index contributed by atoms with van der Waals surface area (Å²) in [6.07, 6.45) is 17.7. The maximum atomic E-state index is 10.2. The van der Waals surface area contributed by atoms with Crippen molar-refractivity contribution in [3.8, 4) is 0 Å². The average Bonchev–Trinajstić information content (AvgIpc) is 2.63. The van der Waals surface area contributed by atoms with Gasteiger partial charge in [-0.3, -0.25) is 4.79 Å². The van der Waals surface area contributed by atoms with Crippen molar-refractivity contribution in [1.82, 2.24) is 0 Å². The molecule has 0 aromatic heterocycles. The van der Waals surface area contributed by atoms with Gasteiger partial charge in [0, 0.05) is 0 Å². The standard InChI is InChI=1S/C16H34O.C8H8O2/c1-3-4-5-6-7-8-9-10-11-12-13-14-15-16(2)17;9-8(10)6-7-4-2-1-3-5-7/h16-17H,3-15H2,1-2H3;1-5H,6H2,(H,9,10). The number of carboxylic acid groups (broad SMARTS) is 1. The minimum atomic E-state index is -0.786. The molecule has 0 heterocycles. The van der Waals surface area contributed by atoms with Gasteiger partial charge in [-0.05, 0) is 18.9 Å². The topological polar surface area (TPSA) is 57.5 Å². The lowest BCUT2D eigenvalue weighted by molar-refractivity contribution is -0.136. The third-order valence-electron chi connectivity index (χ3n) is 4.67. The first kappa shape index (κ1) is 25.6. The van der Waals surface area contributed by atoms with Gasteiger partial charge in [-0.25, -0.2) is 0 Å². The predicted octanol–water partition coefficient (Wildman–Crippen LogP) is 6.77. The molecule has 3 nitrogen and oxygen atoms in total. The van der Waals surface area contributed by atoms with Crippen molar-refractivity contribution in [2.75, 3.05) is 0 Å². The number of benzene rings is 1. The van der Waals surface area contributed by atoms with E-state index in [1.807, 2.05) is 25.1 Å². The number of carboxylic acids is 1. The second kappa shape index (κ2) is 19.4. The molecule has 0 aliphatic rings. The normalized spacial score (nSPS) is 11.5. The fraction of sp³-hybridized carbons (Fsp3) is 0.708. The molecule has 1 aromatic carbocycles. The van der Waals surface area contributed by atoms with Crippen LogP contribution in [0.1, 0.15) is 103 Å². The van der Waals surface area contributed by atoms with E-state index in [1.165, 1.54) is 77.0 Å². The zero-order valence-electron chi connectivity index (χ0n) is 17.7. The smallest absolute Gasteiger partial charge is 0.307 e. The summed E-state index contributed by atoms with van der Waals surface area (Å²) in [6, 6.07) is 9.13. The van der Waals surface area contributed by atoms with Crippen molar-refractivity contribution >= 4 is 5.97 Å². The molecule has 1 rings (SSSR count). The minimum Gasteiger partial charge on any atom is -0.481 e. The van der Waals surface area contributed by atoms with Crippen molar-refractivity contribution in [1.29, 1.82) is 0 Å². The Kier molecular flexibility index (Phi) is 18.4. The highest BCUT2D eigenvalue weighted by molar-refractivity contribution is 5.70. The fourth-order valence-corrected chi connectivity index (χ4v) is 3.05. The molecule has 0 amide bonds. The number of hydrogen-bond donors (Lipinski definition) is 2. The van der Waals surface area contributed by atoms with Crippen molar-refractivity contribution < 1.29 is 15.0 Å². The molecule has 0 spiro atoms. The van der Waals surface area contributed by atoms with E-state index in [1.54, 1.807) is 12.1 Å². The Morgan fingerprint density at radius 1 is 0.815 bits per heavy atom. The first-order valence-electron chi connectivity index (χ1n) is 11.0. The average molecular weight is 379 g/mol. The molecule has 27 heavy (non-hydrogen) atoms. The number of unbranched alkanes of at least 4 members (excludes halogenated alkanes) is 11. The molecule has 0 aliphatic carbocycles. The molecular weight excluding hydrogens is 336 g/mol. The number of aliphatic hydroxyl groups is 1. The van der Waals surface area contributed by atoms with Crippen LogP contribution in [0, 0.1) is 0 Å². The van der Waals surface area contributed by atoms with E-state index in [-0.39, 0.29) is 12.5 Å². The molecule has 156 valence electrons. The number of rotatable bonds is 15. The Labute approximate surface area is 167 Å². The second-order valence-electron chi connectivity index (χ2n) is 7.58. The molecule has 0 radical (unpaired) electrons. The van der Waals surface area contributed by atoms with Crippen LogP contribution < -0.4 is 0 Å². The summed E-state index contributed by atoms with van der Waals surface area (Å²) in [5, 5.41) is 17.5. The van der Waals surface area contributed by atoms with E-state index in [0.717, 1.165) is 12.0 Å². The lowest BCUT2D eigenvalue weighted by Gasteiger charge is -2.04. The highest BCUT2D eigenvalue weighted by Crippen LogP contribution is 2.12. The maximum Gasteiger partial charge on any atom is 0.307 e. The Hall–Kier alpha value is -1.35. The van der Waals surface area contributed by atoms with Crippen LogP contribution in [0.5, 0.6) is 0 Å². The highest BCUT2D eigenvalue weighted by atomic mass is 16.4. The van der Waals surface area contributed by atoms with Crippen LogP contribution in [0.25, 0.3) is 0 Å². The fourth-order valence-electron chi connectivity index (χ4n) is 3.05. The second-order valence-corrected chi connectivity index (χ2v) is 7.58. The van der Waals surface area contributed by atoms with Gasteiger partial charge in [-0.1, -0.05) is 114 Å². The Morgan fingerprint density at radius 2 is 1.26 bits per heavy atom. The Bertz CT molecular complexity index is 429. The zero-order chi connectivity index (χ0) is 20.2. The number of hydrogen-bond acceptors (Lipinski definition) is 2. The van der Waals surface area contributed by atoms with Gasteiger partial charge in [-0.2, -0.15) is 0 Å². The lowest BCUT2D eigenvalue weighted by atomic mass is 10.0. The predicted molar refractivity (Wildman–Crippen MR) is 115 cm³/mol. The molecule has 1 aromatic rings. The summed E-state index contributed by atoms with van der Waals surface area (Å²) >= 11 is 0. The van der Waals surface area contributed by atoms with Gasteiger partial charge in [0.1, 0.15) is 0 Å². The summed E-state index contributed by atoms with van der Waals surface area (Å²) in [5.74, 6) is -0.786. The van der Waals surface area contributed by atoms with E-state index in [4.69, 9.17) is 10.2 Å². The largest absolute Gasteiger partial charge is 0.481 e. The molecule has 3 heteroatoms. The Balaban J connectivity index is 0.000000569.